The molecule has 0 saturated carbocycles. The maximum absolute atomic E-state index is 13.2. The van der Waals surface area contributed by atoms with E-state index in [-0.39, 0.29) is 11.9 Å². The van der Waals surface area contributed by atoms with Gasteiger partial charge in [-0.3, -0.25) is 0 Å². The van der Waals surface area contributed by atoms with Crippen LogP contribution in [0.5, 0.6) is 0 Å². The molecule has 2 aromatic rings. The molecule has 0 fully saturated rings. The van der Waals surface area contributed by atoms with E-state index in [0.717, 1.165) is 15.6 Å². The zero-order valence-corrected chi connectivity index (χ0v) is 13.8. The molecule has 0 aromatic heterocycles. The average Bonchev–Trinajstić information content (AvgIpc) is 2.37. The van der Waals surface area contributed by atoms with E-state index in [0.29, 0.717) is 15.9 Å². The van der Waals surface area contributed by atoms with Crippen molar-refractivity contribution < 1.29 is 4.39 Å². The quantitative estimate of drug-likeness (QED) is 0.739. The topological polar surface area (TPSA) is 26.0 Å². The summed E-state index contributed by atoms with van der Waals surface area (Å²) in [6.07, 6.45) is 0.592. The van der Waals surface area contributed by atoms with E-state index < -0.39 is 0 Å². The fraction of sp³-hybridized carbons (Fsp3) is 0.143. The van der Waals surface area contributed by atoms with E-state index in [2.05, 4.69) is 31.9 Å². The Balaban J connectivity index is 2.23. The number of halogens is 4. The van der Waals surface area contributed by atoms with Crippen molar-refractivity contribution in [3.05, 3.63) is 67.3 Å². The molecule has 0 heterocycles. The first kappa shape index (κ1) is 15.0. The molecule has 0 saturated heterocycles. The highest BCUT2D eigenvalue weighted by Gasteiger charge is 2.13. The van der Waals surface area contributed by atoms with Gasteiger partial charge in [0.15, 0.2) is 0 Å². The maximum Gasteiger partial charge on any atom is 0.137 e. The second-order valence-electron chi connectivity index (χ2n) is 4.20. The van der Waals surface area contributed by atoms with Crippen LogP contribution in [0.3, 0.4) is 0 Å². The van der Waals surface area contributed by atoms with Crippen molar-refractivity contribution in [2.75, 3.05) is 0 Å². The van der Waals surface area contributed by atoms with Gasteiger partial charge in [0.05, 0.1) is 9.50 Å². The van der Waals surface area contributed by atoms with E-state index in [1.54, 1.807) is 12.1 Å². The number of hydrogen-bond acceptors (Lipinski definition) is 1. The van der Waals surface area contributed by atoms with Gasteiger partial charge in [-0.1, -0.05) is 29.8 Å². The molecule has 0 bridgehead atoms. The Hall–Kier alpha value is -0.420. The van der Waals surface area contributed by atoms with Crippen molar-refractivity contribution in [2.45, 2.75) is 12.5 Å². The fourth-order valence-corrected chi connectivity index (χ4v) is 2.91. The van der Waals surface area contributed by atoms with Gasteiger partial charge in [0.1, 0.15) is 5.82 Å². The van der Waals surface area contributed by atoms with Gasteiger partial charge in [-0.15, -0.1) is 0 Å². The Morgan fingerprint density at radius 2 is 1.89 bits per heavy atom. The van der Waals surface area contributed by atoms with Gasteiger partial charge in [-0.25, -0.2) is 4.39 Å². The summed E-state index contributed by atoms with van der Waals surface area (Å²) in [6.45, 7) is 0. The molecule has 0 aliphatic carbocycles. The van der Waals surface area contributed by atoms with E-state index >= 15 is 0 Å². The Morgan fingerprint density at radius 3 is 2.58 bits per heavy atom. The van der Waals surface area contributed by atoms with E-state index in [4.69, 9.17) is 17.3 Å². The molecule has 2 aromatic carbocycles. The first-order valence-corrected chi connectivity index (χ1v) is 7.59. The molecule has 0 aliphatic rings. The number of hydrogen-bond donors (Lipinski definition) is 1. The molecule has 5 heteroatoms. The highest BCUT2D eigenvalue weighted by atomic mass is 79.9. The maximum atomic E-state index is 13.2. The van der Waals surface area contributed by atoms with E-state index in [1.165, 1.54) is 6.07 Å². The number of rotatable bonds is 3. The lowest BCUT2D eigenvalue weighted by atomic mass is 10.00. The monoisotopic (exact) mass is 405 g/mol. The summed E-state index contributed by atoms with van der Waals surface area (Å²) in [7, 11) is 0. The second-order valence-corrected chi connectivity index (χ2v) is 6.29. The summed E-state index contributed by atoms with van der Waals surface area (Å²) in [5.74, 6) is -0.280. The standard InChI is InChI=1S/C14H11Br2ClFN/c15-10-3-1-2-9(14(10)17)13(19)7-8-4-5-12(18)11(16)6-8/h1-6,13H,7,19H2. The van der Waals surface area contributed by atoms with Crippen LogP contribution in [0.15, 0.2) is 45.3 Å². The summed E-state index contributed by atoms with van der Waals surface area (Å²) in [5.41, 5.74) is 8.00. The number of benzene rings is 2. The van der Waals surface area contributed by atoms with Crippen LogP contribution in [0, 0.1) is 5.82 Å². The lowest BCUT2D eigenvalue weighted by Crippen LogP contribution is -2.14. The predicted octanol–water partition coefficient (Wildman–Crippen LogP) is 5.25. The molecule has 0 amide bonds. The first-order valence-electron chi connectivity index (χ1n) is 5.62. The summed E-state index contributed by atoms with van der Waals surface area (Å²) in [6, 6.07) is 10.3. The van der Waals surface area contributed by atoms with Crippen LogP contribution in [-0.2, 0) is 6.42 Å². The van der Waals surface area contributed by atoms with Crippen molar-refractivity contribution >= 4 is 43.5 Å². The van der Waals surface area contributed by atoms with Gasteiger partial charge in [0.2, 0.25) is 0 Å². The van der Waals surface area contributed by atoms with Gasteiger partial charge in [-0.05, 0) is 67.6 Å². The molecule has 0 radical (unpaired) electrons. The third-order valence-corrected chi connectivity index (χ3v) is 4.74. The van der Waals surface area contributed by atoms with Crippen LogP contribution in [0.2, 0.25) is 5.02 Å². The second kappa shape index (κ2) is 6.35. The molecule has 2 N–H and O–H groups in total. The third-order valence-electron chi connectivity index (χ3n) is 2.82. The highest BCUT2D eigenvalue weighted by molar-refractivity contribution is 9.10. The van der Waals surface area contributed by atoms with Crippen LogP contribution in [-0.4, -0.2) is 0 Å². The van der Waals surface area contributed by atoms with Gasteiger partial charge < -0.3 is 5.73 Å². The molecule has 19 heavy (non-hydrogen) atoms. The van der Waals surface area contributed by atoms with Crippen LogP contribution in [0.1, 0.15) is 17.2 Å². The van der Waals surface area contributed by atoms with Crippen molar-refractivity contribution in [3.8, 4) is 0 Å². The van der Waals surface area contributed by atoms with Crippen molar-refractivity contribution in [1.29, 1.82) is 0 Å². The molecule has 0 aliphatic heterocycles. The average molecular weight is 408 g/mol. The van der Waals surface area contributed by atoms with Gasteiger partial charge in [-0.2, -0.15) is 0 Å². The van der Waals surface area contributed by atoms with Gasteiger partial charge in [0, 0.05) is 10.5 Å². The van der Waals surface area contributed by atoms with Crippen molar-refractivity contribution in [1.82, 2.24) is 0 Å². The van der Waals surface area contributed by atoms with Gasteiger partial charge in [0.25, 0.3) is 0 Å². The Labute approximate surface area is 133 Å². The molecule has 1 nitrogen and oxygen atoms in total. The van der Waals surface area contributed by atoms with Gasteiger partial charge >= 0.3 is 0 Å². The molecule has 0 spiro atoms. The van der Waals surface area contributed by atoms with Crippen LogP contribution >= 0.6 is 43.5 Å². The van der Waals surface area contributed by atoms with Crippen molar-refractivity contribution in [3.63, 3.8) is 0 Å². The number of nitrogens with two attached hydrogens (primary N) is 1. The lowest BCUT2D eigenvalue weighted by molar-refractivity contribution is 0.618. The molecular formula is C14H11Br2ClFN. The third kappa shape index (κ3) is 3.57. The highest BCUT2D eigenvalue weighted by Crippen LogP contribution is 2.31. The lowest BCUT2D eigenvalue weighted by Gasteiger charge is -2.15. The molecule has 2 rings (SSSR count). The molecular weight excluding hydrogens is 396 g/mol. The minimum Gasteiger partial charge on any atom is -0.324 e. The predicted molar refractivity (Wildman–Crippen MR) is 83.9 cm³/mol. The summed E-state index contributed by atoms with van der Waals surface area (Å²) < 4.78 is 14.4. The van der Waals surface area contributed by atoms with E-state index in [9.17, 15) is 4.39 Å². The van der Waals surface area contributed by atoms with Crippen LogP contribution in [0.25, 0.3) is 0 Å². The Kier molecular flexibility index (Phi) is 5.01. The Bertz CT molecular complexity index is 604. The molecule has 100 valence electrons. The first-order chi connectivity index (χ1) is 8.99. The van der Waals surface area contributed by atoms with E-state index in [1.807, 2.05) is 18.2 Å². The SMILES string of the molecule is NC(Cc1ccc(F)c(Br)c1)c1cccc(Br)c1Cl. The zero-order chi connectivity index (χ0) is 14.0. The summed E-state index contributed by atoms with van der Waals surface area (Å²) in [5, 5.41) is 0.621. The van der Waals surface area contributed by atoms with Crippen molar-refractivity contribution in [2.24, 2.45) is 5.73 Å². The van der Waals surface area contributed by atoms with Crippen LogP contribution in [0.4, 0.5) is 4.39 Å². The minimum absolute atomic E-state index is 0.234. The molecule has 1 unspecified atom stereocenters. The Morgan fingerprint density at radius 1 is 1.16 bits per heavy atom. The summed E-state index contributed by atoms with van der Waals surface area (Å²) >= 11 is 12.8. The molecule has 1 atom stereocenters. The zero-order valence-electron chi connectivity index (χ0n) is 9.84. The smallest absolute Gasteiger partial charge is 0.137 e. The normalized spacial score (nSPS) is 12.5. The fourth-order valence-electron chi connectivity index (χ4n) is 1.84. The minimum atomic E-state index is -0.280. The largest absolute Gasteiger partial charge is 0.324 e. The summed E-state index contributed by atoms with van der Waals surface area (Å²) in [4.78, 5) is 0. The van der Waals surface area contributed by atoms with Crippen LogP contribution < -0.4 is 5.73 Å².